The van der Waals surface area contributed by atoms with Crippen LogP contribution >= 0.6 is 11.6 Å². The molecule has 0 bridgehead atoms. The summed E-state index contributed by atoms with van der Waals surface area (Å²) in [5, 5.41) is 0.421. The number of hydrogen-bond acceptors (Lipinski definition) is 2. The smallest absolute Gasteiger partial charge is 0.187 e. The fraction of sp³-hybridized carbons (Fsp3) is 0.400. The molecule has 0 saturated heterocycles. The van der Waals surface area contributed by atoms with E-state index in [4.69, 9.17) is 11.6 Å². The van der Waals surface area contributed by atoms with Gasteiger partial charge < -0.3 is 0 Å². The number of Topliss-reactive ketones (excluding diaryl/α,β-unsaturated/α-hetero) is 1. The fourth-order valence-corrected chi connectivity index (χ4v) is 2.20. The molecule has 1 aromatic rings. The van der Waals surface area contributed by atoms with E-state index in [-0.39, 0.29) is 11.2 Å². The average molecular weight is 194 g/mol. The molecule has 2 aliphatic carbocycles. The number of carbonyl (C=O) groups excluding carboxylic acids is 1. The molecule has 1 fully saturated rings. The standard InChI is InChI=1S/C10H8ClNO/c11-7-2-1-6-5-10(3-4-10)9(13)8(6)12-7/h1-2H,3-5H2. The SMILES string of the molecule is O=C1c2nc(Cl)ccc2CC12CC2. The summed E-state index contributed by atoms with van der Waals surface area (Å²) in [5.41, 5.74) is 1.64. The van der Waals surface area contributed by atoms with Crippen molar-refractivity contribution in [1.82, 2.24) is 4.98 Å². The molecule has 3 heteroatoms. The van der Waals surface area contributed by atoms with Crippen LogP contribution in [0.5, 0.6) is 0 Å². The van der Waals surface area contributed by atoms with E-state index in [1.165, 1.54) is 0 Å². The predicted octanol–water partition coefficient (Wildman–Crippen LogP) is 2.25. The van der Waals surface area contributed by atoms with Gasteiger partial charge in [0.1, 0.15) is 10.8 Å². The molecule has 2 nitrogen and oxygen atoms in total. The molecule has 0 amide bonds. The maximum atomic E-state index is 11.8. The van der Waals surface area contributed by atoms with Crippen LogP contribution in [0.15, 0.2) is 12.1 Å². The van der Waals surface area contributed by atoms with Gasteiger partial charge >= 0.3 is 0 Å². The fourth-order valence-electron chi connectivity index (χ4n) is 2.05. The largest absolute Gasteiger partial charge is 0.292 e. The summed E-state index contributed by atoms with van der Waals surface area (Å²) >= 11 is 5.74. The lowest BCUT2D eigenvalue weighted by atomic mass is 10.0. The van der Waals surface area contributed by atoms with Crippen LogP contribution in [0, 0.1) is 5.41 Å². The van der Waals surface area contributed by atoms with Crippen molar-refractivity contribution in [2.75, 3.05) is 0 Å². The van der Waals surface area contributed by atoms with Crippen LogP contribution in [0.4, 0.5) is 0 Å². The number of aromatic nitrogens is 1. The van der Waals surface area contributed by atoms with Gasteiger partial charge in [-0.05, 0) is 30.9 Å². The van der Waals surface area contributed by atoms with Crippen molar-refractivity contribution in [2.24, 2.45) is 5.41 Å². The van der Waals surface area contributed by atoms with Crippen LogP contribution in [0.2, 0.25) is 5.15 Å². The third-order valence-corrected chi connectivity index (χ3v) is 3.23. The second-order valence-electron chi connectivity index (χ2n) is 3.93. The van der Waals surface area contributed by atoms with Gasteiger partial charge in [0.15, 0.2) is 5.78 Å². The molecule has 13 heavy (non-hydrogen) atoms. The lowest BCUT2D eigenvalue weighted by Gasteiger charge is -1.98. The molecule has 2 aliphatic rings. The number of hydrogen-bond donors (Lipinski definition) is 0. The van der Waals surface area contributed by atoms with Crippen LogP contribution < -0.4 is 0 Å². The molecule has 0 aliphatic heterocycles. The van der Waals surface area contributed by atoms with E-state index >= 15 is 0 Å². The minimum Gasteiger partial charge on any atom is -0.292 e. The predicted molar refractivity (Wildman–Crippen MR) is 48.9 cm³/mol. The maximum absolute atomic E-state index is 11.8. The number of ketones is 1. The Bertz CT molecular complexity index is 409. The monoisotopic (exact) mass is 193 g/mol. The molecule has 0 unspecified atom stereocenters. The summed E-state index contributed by atoms with van der Waals surface area (Å²) in [6, 6.07) is 3.69. The molecule has 1 spiro atoms. The van der Waals surface area contributed by atoms with Crippen molar-refractivity contribution in [3.8, 4) is 0 Å². The van der Waals surface area contributed by atoms with Crippen molar-refractivity contribution in [2.45, 2.75) is 19.3 Å². The quantitative estimate of drug-likeness (QED) is 0.592. The van der Waals surface area contributed by atoms with E-state index in [2.05, 4.69) is 4.98 Å². The number of nitrogens with zero attached hydrogens (tertiary/aromatic N) is 1. The second-order valence-corrected chi connectivity index (χ2v) is 4.32. The van der Waals surface area contributed by atoms with Gasteiger partial charge in [-0.15, -0.1) is 0 Å². The highest BCUT2D eigenvalue weighted by molar-refractivity contribution is 6.29. The summed E-state index contributed by atoms with van der Waals surface area (Å²) in [6.07, 6.45) is 2.94. The Balaban J connectivity index is 2.18. The van der Waals surface area contributed by atoms with Crippen LogP contribution in [0.3, 0.4) is 0 Å². The van der Waals surface area contributed by atoms with Crippen LogP contribution in [0.25, 0.3) is 0 Å². The molecular weight excluding hydrogens is 186 g/mol. The molecule has 0 aromatic carbocycles. The molecular formula is C10H8ClNO. The first-order chi connectivity index (χ1) is 6.21. The zero-order chi connectivity index (χ0) is 9.05. The van der Waals surface area contributed by atoms with Gasteiger partial charge in [0.25, 0.3) is 0 Å². The van der Waals surface area contributed by atoms with Crippen molar-refractivity contribution < 1.29 is 4.79 Å². The number of rotatable bonds is 0. The molecule has 66 valence electrons. The van der Waals surface area contributed by atoms with Crippen LogP contribution in [-0.4, -0.2) is 10.8 Å². The zero-order valence-electron chi connectivity index (χ0n) is 7.01. The van der Waals surface area contributed by atoms with Crippen LogP contribution in [0.1, 0.15) is 28.9 Å². The molecule has 0 radical (unpaired) electrons. The molecule has 0 N–H and O–H groups in total. The lowest BCUT2D eigenvalue weighted by Crippen LogP contribution is -2.09. The number of pyridine rings is 1. The highest BCUT2D eigenvalue weighted by Gasteiger charge is 2.55. The topological polar surface area (TPSA) is 30.0 Å². The van der Waals surface area contributed by atoms with E-state index in [1.54, 1.807) is 6.07 Å². The van der Waals surface area contributed by atoms with Crippen molar-refractivity contribution >= 4 is 17.4 Å². The zero-order valence-corrected chi connectivity index (χ0v) is 7.77. The number of halogens is 1. The van der Waals surface area contributed by atoms with E-state index in [0.29, 0.717) is 10.8 Å². The molecule has 1 heterocycles. The normalized spacial score (nSPS) is 22.1. The summed E-state index contributed by atoms with van der Waals surface area (Å²) in [5.74, 6) is 0.213. The summed E-state index contributed by atoms with van der Waals surface area (Å²) in [6.45, 7) is 0. The summed E-state index contributed by atoms with van der Waals surface area (Å²) in [7, 11) is 0. The Labute approximate surface area is 80.9 Å². The van der Waals surface area contributed by atoms with Gasteiger partial charge in [0, 0.05) is 5.41 Å². The van der Waals surface area contributed by atoms with Crippen LogP contribution in [-0.2, 0) is 6.42 Å². The number of fused-ring (bicyclic) bond motifs is 1. The lowest BCUT2D eigenvalue weighted by molar-refractivity contribution is 0.0915. The first kappa shape index (κ1) is 7.51. The van der Waals surface area contributed by atoms with Crippen molar-refractivity contribution in [3.63, 3.8) is 0 Å². The Hall–Kier alpha value is -0.890. The van der Waals surface area contributed by atoms with E-state index < -0.39 is 0 Å². The first-order valence-corrected chi connectivity index (χ1v) is 4.79. The third kappa shape index (κ3) is 0.894. The minimum atomic E-state index is -0.0555. The van der Waals surface area contributed by atoms with Gasteiger partial charge in [0.2, 0.25) is 0 Å². The summed E-state index contributed by atoms with van der Waals surface area (Å²) in [4.78, 5) is 15.9. The highest BCUT2D eigenvalue weighted by Crippen LogP contribution is 2.54. The van der Waals surface area contributed by atoms with Crippen molar-refractivity contribution in [1.29, 1.82) is 0 Å². The molecule has 0 atom stereocenters. The van der Waals surface area contributed by atoms with Gasteiger partial charge in [0.05, 0.1) is 0 Å². The summed E-state index contributed by atoms with van der Waals surface area (Å²) < 4.78 is 0. The van der Waals surface area contributed by atoms with Gasteiger partial charge in [-0.2, -0.15) is 0 Å². The Morgan fingerprint density at radius 2 is 2.15 bits per heavy atom. The highest BCUT2D eigenvalue weighted by atomic mass is 35.5. The number of carbonyl (C=O) groups is 1. The van der Waals surface area contributed by atoms with E-state index in [0.717, 1.165) is 24.8 Å². The Morgan fingerprint density at radius 1 is 1.38 bits per heavy atom. The maximum Gasteiger partial charge on any atom is 0.187 e. The first-order valence-electron chi connectivity index (χ1n) is 4.42. The average Bonchev–Trinajstić information content (AvgIpc) is 2.83. The molecule has 1 saturated carbocycles. The van der Waals surface area contributed by atoms with E-state index in [1.807, 2.05) is 6.07 Å². The molecule has 3 rings (SSSR count). The Kier molecular flexibility index (Phi) is 1.23. The third-order valence-electron chi connectivity index (χ3n) is 3.02. The molecule has 1 aromatic heterocycles. The van der Waals surface area contributed by atoms with Gasteiger partial charge in [-0.25, -0.2) is 4.98 Å². The van der Waals surface area contributed by atoms with Gasteiger partial charge in [-0.1, -0.05) is 17.7 Å². The van der Waals surface area contributed by atoms with E-state index in [9.17, 15) is 4.79 Å². The Morgan fingerprint density at radius 3 is 2.85 bits per heavy atom. The van der Waals surface area contributed by atoms with Crippen molar-refractivity contribution in [3.05, 3.63) is 28.5 Å². The van der Waals surface area contributed by atoms with Gasteiger partial charge in [-0.3, -0.25) is 4.79 Å². The minimum absolute atomic E-state index is 0.0555. The second kappa shape index (κ2) is 2.13.